The molecule has 1 atom stereocenters. The van der Waals surface area contributed by atoms with Gasteiger partial charge in [0.15, 0.2) is 0 Å². The zero-order valence-corrected chi connectivity index (χ0v) is 14.2. The molecule has 0 saturated carbocycles. The Morgan fingerprint density at radius 3 is 2.43 bits per heavy atom. The van der Waals surface area contributed by atoms with Gasteiger partial charge in [0.25, 0.3) is 0 Å². The smallest absolute Gasteiger partial charge is 0.123 e. The van der Waals surface area contributed by atoms with Gasteiger partial charge in [-0.25, -0.2) is 0 Å². The van der Waals surface area contributed by atoms with E-state index in [1.807, 2.05) is 30.3 Å². The molecule has 0 aromatic heterocycles. The van der Waals surface area contributed by atoms with Crippen LogP contribution >= 0.6 is 27.5 Å². The second-order valence-electron chi connectivity index (χ2n) is 4.65. The third-order valence-electron chi connectivity index (χ3n) is 3.27. The van der Waals surface area contributed by atoms with E-state index in [0.29, 0.717) is 11.4 Å². The van der Waals surface area contributed by atoms with Crippen molar-refractivity contribution in [3.8, 4) is 11.5 Å². The molecule has 2 rings (SSSR count). The van der Waals surface area contributed by atoms with Crippen LogP contribution in [-0.2, 0) is 6.42 Å². The molecule has 0 aliphatic rings. The summed E-state index contributed by atoms with van der Waals surface area (Å²) in [5.74, 6) is 1.55. The van der Waals surface area contributed by atoms with Crippen molar-refractivity contribution in [2.45, 2.75) is 12.5 Å². The standard InChI is InChI=1S/C16H17BrClNO2/c1-20-15-5-3-11(17)7-10(15)8-14(19)13-9-12(18)4-6-16(13)21-2/h3-7,9,14H,8,19H2,1-2H3. The predicted molar refractivity (Wildman–Crippen MR) is 89.3 cm³/mol. The minimum atomic E-state index is -0.234. The number of nitrogens with two attached hydrogens (primary N) is 1. The predicted octanol–water partition coefficient (Wildman–Crippen LogP) is 4.36. The quantitative estimate of drug-likeness (QED) is 0.850. The summed E-state index contributed by atoms with van der Waals surface area (Å²) in [5.41, 5.74) is 8.25. The number of hydrogen-bond acceptors (Lipinski definition) is 3. The van der Waals surface area contributed by atoms with E-state index in [9.17, 15) is 0 Å². The molecule has 0 aliphatic heterocycles. The molecule has 2 aromatic carbocycles. The molecular weight excluding hydrogens is 354 g/mol. The molecule has 2 aromatic rings. The van der Waals surface area contributed by atoms with Crippen molar-refractivity contribution in [2.75, 3.05) is 14.2 Å². The Labute approximate surface area is 138 Å². The number of halogens is 2. The molecule has 1 unspecified atom stereocenters. The maximum Gasteiger partial charge on any atom is 0.123 e. The first-order valence-electron chi connectivity index (χ1n) is 6.46. The Bertz CT molecular complexity index is 634. The zero-order chi connectivity index (χ0) is 15.4. The first-order chi connectivity index (χ1) is 10.0. The van der Waals surface area contributed by atoms with E-state index in [2.05, 4.69) is 15.9 Å². The molecule has 0 fully saturated rings. The molecule has 0 aliphatic carbocycles. The molecular formula is C16H17BrClNO2. The van der Waals surface area contributed by atoms with Gasteiger partial charge in [-0.1, -0.05) is 27.5 Å². The number of methoxy groups -OCH3 is 2. The van der Waals surface area contributed by atoms with Gasteiger partial charge in [0.2, 0.25) is 0 Å². The lowest BCUT2D eigenvalue weighted by Crippen LogP contribution is -2.15. The largest absolute Gasteiger partial charge is 0.496 e. The first-order valence-corrected chi connectivity index (χ1v) is 7.63. The summed E-state index contributed by atoms with van der Waals surface area (Å²) in [5, 5.41) is 0.641. The fourth-order valence-electron chi connectivity index (χ4n) is 2.25. The molecule has 3 nitrogen and oxygen atoms in total. The normalized spacial score (nSPS) is 12.0. The fraction of sp³-hybridized carbons (Fsp3) is 0.250. The highest BCUT2D eigenvalue weighted by Crippen LogP contribution is 2.32. The van der Waals surface area contributed by atoms with Crippen LogP contribution in [-0.4, -0.2) is 14.2 Å². The van der Waals surface area contributed by atoms with Gasteiger partial charge in [-0.3, -0.25) is 0 Å². The lowest BCUT2D eigenvalue weighted by Gasteiger charge is -2.18. The van der Waals surface area contributed by atoms with Gasteiger partial charge in [-0.2, -0.15) is 0 Å². The third-order valence-corrected chi connectivity index (χ3v) is 4.00. The number of ether oxygens (including phenoxy) is 2. The van der Waals surface area contributed by atoms with E-state index < -0.39 is 0 Å². The second kappa shape index (κ2) is 7.16. The average molecular weight is 371 g/mol. The van der Waals surface area contributed by atoms with Crippen LogP contribution < -0.4 is 15.2 Å². The molecule has 0 spiro atoms. The molecule has 112 valence electrons. The average Bonchev–Trinajstić information content (AvgIpc) is 2.47. The van der Waals surface area contributed by atoms with Crippen LogP contribution in [0, 0.1) is 0 Å². The number of rotatable bonds is 5. The van der Waals surface area contributed by atoms with Gasteiger partial charge in [-0.05, 0) is 48.4 Å². The lowest BCUT2D eigenvalue weighted by atomic mass is 9.98. The maximum atomic E-state index is 6.34. The van der Waals surface area contributed by atoms with Crippen LogP contribution in [0.4, 0.5) is 0 Å². The summed E-state index contributed by atoms with van der Waals surface area (Å²) >= 11 is 9.53. The molecule has 2 N–H and O–H groups in total. The molecule has 0 bridgehead atoms. The molecule has 0 radical (unpaired) electrons. The van der Waals surface area contributed by atoms with Crippen molar-refractivity contribution >= 4 is 27.5 Å². The van der Waals surface area contributed by atoms with Crippen molar-refractivity contribution in [2.24, 2.45) is 5.73 Å². The third kappa shape index (κ3) is 3.90. The SMILES string of the molecule is COc1ccc(Br)cc1CC(N)c1cc(Cl)ccc1OC. The van der Waals surface area contributed by atoms with Crippen molar-refractivity contribution in [3.05, 3.63) is 57.0 Å². The van der Waals surface area contributed by atoms with Crippen LogP contribution in [0.15, 0.2) is 40.9 Å². The highest BCUT2D eigenvalue weighted by molar-refractivity contribution is 9.10. The summed E-state index contributed by atoms with van der Waals surface area (Å²) in [4.78, 5) is 0. The van der Waals surface area contributed by atoms with Gasteiger partial charge in [0.05, 0.1) is 14.2 Å². The van der Waals surface area contributed by atoms with Crippen LogP contribution in [0.2, 0.25) is 5.02 Å². The van der Waals surface area contributed by atoms with Crippen LogP contribution in [0.1, 0.15) is 17.2 Å². The Hall–Kier alpha value is -1.23. The summed E-state index contributed by atoms with van der Waals surface area (Å²) in [6.45, 7) is 0. The van der Waals surface area contributed by atoms with E-state index >= 15 is 0 Å². The zero-order valence-electron chi connectivity index (χ0n) is 11.9. The van der Waals surface area contributed by atoms with Gasteiger partial charge < -0.3 is 15.2 Å². The Balaban J connectivity index is 2.31. The van der Waals surface area contributed by atoms with Crippen molar-refractivity contribution < 1.29 is 9.47 Å². The Morgan fingerprint density at radius 2 is 1.76 bits per heavy atom. The molecule has 0 amide bonds. The summed E-state index contributed by atoms with van der Waals surface area (Å²) < 4.78 is 11.7. The molecule has 21 heavy (non-hydrogen) atoms. The van der Waals surface area contributed by atoms with Crippen molar-refractivity contribution in [1.82, 2.24) is 0 Å². The highest BCUT2D eigenvalue weighted by atomic mass is 79.9. The fourth-order valence-corrected chi connectivity index (χ4v) is 2.84. The minimum absolute atomic E-state index is 0.234. The van der Waals surface area contributed by atoms with Crippen LogP contribution in [0.5, 0.6) is 11.5 Å². The lowest BCUT2D eigenvalue weighted by molar-refractivity contribution is 0.400. The van der Waals surface area contributed by atoms with Gasteiger partial charge >= 0.3 is 0 Å². The highest BCUT2D eigenvalue weighted by Gasteiger charge is 2.15. The molecule has 5 heteroatoms. The monoisotopic (exact) mass is 369 g/mol. The van der Waals surface area contributed by atoms with Crippen LogP contribution in [0.3, 0.4) is 0 Å². The van der Waals surface area contributed by atoms with E-state index in [0.717, 1.165) is 27.1 Å². The van der Waals surface area contributed by atoms with Gasteiger partial charge in [0, 0.05) is 21.1 Å². The van der Waals surface area contributed by atoms with Crippen molar-refractivity contribution in [1.29, 1.82) is 0 Å². The Morgan fingerprint density at radius 1 is 1.10 bits per heavy atom. The van der Waals surface area contributed by atoms with Gasteiger partial charge in [-0.15, -0.1) is 0 Å². The van der Waals surface area contributed by atoms with E-state index in [1.165, 1.54) is 0 Å². The van der Waals surface area contributed by atoms with Gasteiger partial charge in [0.1, 0.15) is 11.5 Å². The van der Waals surface area contributed by atoms with E-state index in [1.54, 1.807) is 20.3 Å². The minimum Gasteiger partial charge on any atom is -0.496 e. The summed E-state index contributed by atoms with van der Waals surface area (Å²) in [6, 6.07) is 11.1. The van der Waals surface area contributed by atoms with Crippen molar-refractivity contribution in [3.63, 3.8) is 0 Å². The Kier molecular flexibility index (Phi) is 5.51. The summed E-state index contributed by atoms with van der Waals surface area (Å²) in [7, 11) is 3.28. The second-order valence-corrected chi connectivity index (χ2v) is 6.01. The topological polar surface area (TPSA) is 44.5 Å². The number of hydrogen-bond donors (Lipinski definition) is 1. The maximum absolute atomic E-state index is 6.34. The number of benzene rings is 2. The molecule has 0 heterocycles. The van der Waals surface area contributed by atoms with E-state index in [4.69, 9.17) is 26.8 Å². The summed E-state index contributed by atoms with van der Waals surface area (Å²) in [6.07, 6.45) is 0.624. The van der Waals surface area contributed by atoms with Crippen LogP contribution in [0.25, 0.3) is 0 Å². The molecule has 0 saturated heterocycles. The first kappa shape index (κ1) is 16.1. The van der Waals surface area contributed by atoms with E-state index in [-0.39, 0.29) is 6.04 Å².